The van der Waals surface area contributed by atoms with E-state index in [9.17, 15) is 13.2 Å². The molecule has 8 nitrogen and oxygen atoms in total. The molecule has 1 fully saturated rings. The van der Waals surface area contributed by atoms with Gasteiger partial charge in [-0.25, -0.2) is 13.1 Å². The van der Waals surface area contributed by atoms with Gasteiger partial charge in [0.1, 0.15) is 0 Å². The number of para-hydroxylation sites is 1. The van der Waals surface area contributed by atoms with E-state index >= 15 is 0 Å². The molecule has 0 radical (unpaired) electrons. The first-order valence-corrected chi connectivity index (χ1v) is 12.5. The molecular formula is C24H29N5O3S. The predicted octanol–water partition coefficient (Wildman–Crippen LogP) is 3.12. The second kappa shape index (κ2) is 9.86. The maximum absolute atomic E-state index is 12.8. The number of nitrogens with zero attached hydrogens (tertiary/aromatic N) is 4. The van der Waals surface area contributed by atoms with E-state index < -0.39 is 16.1 Å². The number of nitrogens with one attached hydrogen (secondary N) is 1. The number of carbonyl (C=O) groups is 1. The van der Waals surface area contributed by atoms with Gasteiger partial charge in [-0.2, -0.15) is 9.40 Å². The summed E-state index contributed by atoms with van der Waals surface area (Å²) in [6, 6.07) is 15.8. The number of hydrogen-bond acceptors (Lipinski definition) is 5. The van der Waals surface area contributed by atoms with Crippen molar-refractivity contribution in [1.82, 2.24) is 19.0 Å². The van der Waals surface area contributed by atoms with Gasteiger partial charge >= 0.3 is 0 Å². The number of amides is 1. The quantitative estimate of drug-likeness (QED) is 0.550. The molecule has 0 spiro atoms. The second-order valence-corrected chi connectivity index (χ2v) is 10.3. The average molecular weight is 468 g/mol. The van der Waals surface area contributed by atoms with Crippen molar-refractivity contribution in [3.8, 4) is 5.69 Å². The summed E-state index contributed by atoms with van der Waals surface area (Å²) < 4.78 is 28.6. The summed E-state index contributed by atoms with van der Waals surface area (Å²) in [4.78, 5) is 15.0. The summed E-state index contributed by atoms with van der Waals surface area (Å²) in [5.74, 6) is -0.164. The molecule has 33 heavy (non-hydrogen) atoms. The molecule has 174 valence electrons. The third-order valence-corrected chi connectivity index (χ3v) is 7.87. The fraction of sp³-hybridized carbons (Fsp3) is 0.333. The molecule has 2 aromatic carbocycles. The summed E-state index contributed by atoms with van der Waals surface area (Å²) in [6.07, 6.45) is 5.54. The number of likely N-dealkylation sites (N-methyl/N-ethyl adjacent to an activating group) is 1. The Morgan fingerprint density at radius 3 is 2.42 bits per heavy atom. The van der Waals surface area contributed by atoms with Crippen LogP contribution < -0.4 is 5.32 Å². The van der Waals surface area contributed by atoms with Gasteiger partial charge in [-0.3, -0.25) is 9.69 Å². The van der Waals surface area contributed by atoms with Crippen LogP contribution in [0.1, 0.15) is 25.3 Å². The second-order valence-electron chi connectivity index (χ2n) is 8.34. The fourth-order valence-electron chi connectivity index (χ4n) is 3.82. The highest BCUT2D eigenvalue weighted by Gasteiger charge is 2.27. The van der Waals surface area contributed by atoms with E-state index in [1.807, 2.05) is 60.1 Å². The van der Waals surface area contributed by atoms with Crippen LogP contribution in [0.3, 0.4) is 0 Å². The van der Waals surface area contributed by atoms with Gasteiger partial charge in [0.2, 0.25) is 15.9 Å². The van der Waals surface area contributed by atoms with Crippen LogP contribution in [0.5, 0.6) is 0 Å². The smallest absolute Gasteiger partial charge is 0.243 e. The molecule has 2 heterocycles. The van der Waals surface area contributed by atoms with Crippen molar-refractivity contribution in [2.45, 2.75) is 37.2 Å². The zero-order valence-electron chi connectivity index (χ0n) is 18.9. The van der Waals surface area contributed by atoms with Crippen molar-refractivity contribution < 1.29 is 13.2 Å². The minimum atomic E-state index is -3.46. The molecule has 1 aliphatic heterocycles. The van der Waals surface area contributed by atoms with E-state index in [-0.39, 0.29) is 10.8 Å². The number of benzene rings is 2. The van der Waals surface area contributed by atoms with E-state index in [0.29, 0.717) is 25.3 Å². The van der Waals surface area contributed by atoms with Gasteiger partial charge in [0.25, 0.3) is 0 Å². The highest BCUT2D eigenvalue weighted by atomic mass is 32.2. The molecule has 1 aromatic heterocycles. The van der Waals surface area contributed by atoms with Crippen molar-refractivity contribution in [3.63, 3.8) is 0 Å². The van der Waals surface area contributed by atoms with E-state index in [0.717, 1.165) is 24.1 Å². The van der Waals surface area contributed by atoms with Gasteiger partial charge in [0, 0.05) is 37.1 Å². The standard InChI is InChI=1S/C24H29N5O3S/c1-19(27(2)17-20-16-25-29(18-20)22-8-4-3-5-9-22)24(30)26-21-10-12-23(13-11-21)33(31,32)28-14-6-7-15-28/h3-5,8-13,16,18-19H,6-7,14-15,17H2,1-2H3,(H,26,30). The molecule has 1 unspecified atom stereocenters. The molecule has 9 heteroatoms. The number of aromatic nitrogens is 2. The van der Waals surface area contributed by atoms with Crippen LogP contribution in [0.15, 0.2) is 71.9 Å². The lowest BCUT2D eigenvalue weighted by molar-refractivity contribution is -0.120. The number of sulfonamides is 1. The summed E-state index contributed by atoms with van der Waals surface area (Å²) in [7, 11) is -1.58. The fourth-order valence-corrected chi connectivity index (χ4v) is 5.34. The highest BCUT2D eigenvalue weighted by Crippen LogP contribution is 2.22. The molecule has 3 aromatic rings. The number of rotatable bonds is 8. The zero-order chi connectivity index (χ0) is 23.4. The predicted molar refractivity (Wildman–Crippen MR) is 128 cm³/mol. The minimum absolute atomic E-state index is 0.164. The molecule has 1 saturated heterocycles. The van der Waals surface area contributed by atoms with Crippen LogP contribution in [-0.4, -0.2) is 59.5 Å². The van der Waals surface area contributed by atoms with Crippen LogP contribution >= 0.6 is 0 Å². The molecule has 0 bridgehead atoms. The van der Waals surface area contributed by atoms with Crippen LogP contribution in [-0.2, 0) is 21.4 Å². The lowest BCUT2D eigenvalue weighted by Gasteiger charge is -2.23. The largest absolute Gasteiger partial charge is 0.325 e. The van der Waals surface area contributed by atoms with Gasteiger partial charge in [0.05, 0.1) is 22.8 Å². The molecule has 0 aliphatic carbocycles. The highest BCUT2D eigenvalue weighted by molar-refractivity contribution is 7.89. The molecule has 0 saturated carbocycles. The average Bonchev–Trinajstić information content (AvgIpc) is 3.52. The molecule has 4 rings (SSSR count). The Hall–Kier alpha value is -3.01. The van der Waals surface area contributed by atoms with Crippen molar-refractivity contribution in [3.05, 3.63) is 72.6 Å². The van der Waals surface area contributed by atoms with E-state index in [1.54, 1.807) is 30.5 Å². The van der Waals surface area contributed by atoms with Crippen molar-refractivity contribution in [2.24, 2.45) is 0 Å². The Labute approximate surface area is 194 Å². The van der Waals surface area contributed by atoms with Crippen molar-refractivity contribution in [1.29, 1.82) is 0 Å². The van der Waals surface area contributed by atoms with Gasteiger partial charge in [-0.15, -0.1) is 0 Å². The van der Waals surface area contributed by atoms with E-state index in [1.165, 1.54) is 4.31 Å². The summed E-state index contributed by atoms with van der Waals surface area (Å²) in [5.41, 5.74) is 2.54. The van der Waals surface area contributed by atoms with Crippen LogP contribution in [0.25, 0.3) is 5.69 Å². The monoisotopic (exact) mass is 467 g/mol. The molecule has 1 amide bonds. The van der Waals surface area contributed by atoms with Crippen LogP contribution in [0.2, 0.25) is 0 Å². The van der Waals surface area contributed by atoms with E-state index in [4.69, 9.17) is 0 Å². The van der Waals surface area contributed by atoms with Gasteiger partial charge < -0.3 is 5.32 Å². The van der Waals surface area contributed by atoms with E-state index in [2.05, 4.69) is 10.4 Å². The number of hydrogen-bond donors (Lipinski definition) is 1. The topological polar surface area (TPSA) is 87.5 Å². The van der Waals surface area contributed by atoms with Gasteiger partial charge in [0.15, 0.2) is 0 Å². The molecule has 1 atom stereocenters. The summed E-state index contributed by atoms with van der Waals surface area (Å²) >= 11 is 0. The van der Waals surface area contributed by atoms with Crippen molar-refractivity contribution in [2.75, 3.05) is 25.5 Å². The molecule has 1 N–H and O–H groups in total. The van der Waals surface area contributed by atoms with Gasteiger partial charge in [-0.1, -0.05) is 18.2 Å². The number of anilines is 1. The maximum Gasteiger partial charge on any atom is 0.243 e. The Kier molecular flexibility index (Phi) is 6.92. The maximum atomic E-state index is 12.8. The lowest BCUT2D eigenvalue weighted by atomic mass is 10.2. The lowest BCUT2D eigenvalue weighted by Crippen LogP contribution is -2.39. The summed E-state index contributed by atoms with van der Waals surface area (Å²) in [6.45, 7) is 3.53. The third-order valence-electron chi connectivity index (χ3n) is 5.95. The third kappa shape index (κ3) is 5.32. The Morgan fingerprint density at radius 1 is 1.09 bits per heavy atom. The Morgan fingerprint density at radius 2 is 1.76 bits per heavy atom. The zero-order valence-corrected chi connectivity index (χ0v) is 19.7. The van der Waals surface area contributed by atoms with Crippen LogP contribution in [0.4, 0.5) is 5.69 Å². The summed E-state index contributed by atoms with van der Waals surface area (Å²) in [5, 5.41) is 7.28. The van der Waals surface area contributed by atoms with Crippen LogP contribution in [0, 0.1) is 0 Å². The molecular weight excluding hydrogens is 438 g/mol. The first kappa shape index (κ1) is 23.2. The first-order valence-electron chi connectivity index (χ1n) is 11.0. The Balaban J connectivity index is 1.35. The van der Waals surface area contributed by atoms with Gasteiger partial charge in [-0.05, 0) is 63.2 Å². The minimum Gasteiger partial charge on any atom is -0.325 e. The molecule has 1 aliphatic rings. The normalized spacial score (nSPS) is 15.6. The SMILES string of the molecule is CC(C(=O)Nc1ccc(S(=O)(=O)N2CCCC2)cc1)N(C)Cc1cnn(-c2ccccc2)c1. The Bertz CT molecular complexity index is 1190. The van der Waals surface area contributed by atoms with Crippen molar-refractivity contribution >= 4 is 21.6 Å². The number of carbonyl (C=O) groups excluding carboxylic acids is 1. The first-order chi connectivity index (χ1) is 15.8.